The number of rotatable bonds is 34. The molecule has 6 heteroatoms. The molecule has 0 unspecified atom stereocenters. The third kappa shape index (κ3) is 34.9. The number of esters is 2. The number of ketones is 1. The number of ether oxygens (including phenoxy) is 2. The minimum Gasteiger partial charge on any atom is -0.463 e. The van der Waals surface area contributed by atoms with Crippen molar-refractivity contribution in [3.05, 3.63) is 24.3 Å². The highest BCUT2D eigenvalue weighted by atomic mass is 16.6. The number of unbranched alkanes of at least 4 members (excludes halogenated alkanes) is 19. The molecule has 0 aliphatic heterocycles. The average molecular weight is 649 g/mol. The third-order valence-electron chi connectivity index (χ3n) is 8.34. The van der Waals surface area contributed by atoms with Gasteiger partial charge < -0.3 is 14.6 Å². The molecule has 0 aliphatic rings. The summed E-state index contributed by atoms with van der Waals surface area (Å²) in [5.41, 5.74) is 0. The number of allylic oxidation sites excluding steroid dienone is 4. The second-order valence-electron chi connectivity index (χ2n) is 13.6. The Bertz CT molecular complexity index is 772. The first kappa shape index (κ1) is 44.0. The highest BCUT2D eigenvalue weighted by Gasteiger charge is 2.12. The quantitative estimate of drug-likeness (QED) is 0.0323. The Morgan fingerprint density at radius 1 is 0.565 bits per heavy atom. The van der Waals surface area contributed by atoms with Crippen molar-refractivity contribution in [1.82, 2.24) is 0 Å². The van der Waals surface area contributed by atoms with Crippen LogP contribution in [0.3, 0.4) is 0 Å². The number of hydrogen-bond donors (Lipinski definition) is 1. The summed E-state index contributed by atoms with van der Waals surface area (Å²) in [5.74, 6) is 0.421. The molecule has 0 rings (SSSR count). The molecule has 0 aromatic heterocycles. The van der Waals surface area contributed by atoms with Gasteiger partial charge in [-0.1, -0.05) is 155 Å². The van der Waals surface area contributed by atoms with Crippen molar-refractivity contribution in [2.45, 2.75) is 194 Å². The molecule has 0 radical (unpaired) electrons. The first-order chi connectivity index (χ1) is 22.3. The molecule has 6 nitrogen and oxygen atoms in total. The molecule has 0 aromatic carbocycles. The van der Waals surface area contributed by atoms with Gasteiger partial charge in [0.15, 0.2) is 5.78 Å². The van der Waals surface area contributed by atoms with Gasteiger partial charge in [-0.15, -0.1) is 0 Å². The summed E-state index contributed by atoms with van der Waals surface area (Å²) in [4.78, 5) is 35.6. The van der Waals surface area contributed by atoms with E-state index in [0.717, 1.165) is 83.0 Å². The van der Waals surface area contributed by atoms with Crippen molar-refractivity contribution in [2.24, 2.45) is 5.92 Å². The summed E-state index contributed by atoms with van der Waals surface area (Å²) < 4.78 is 10.3. The van der Waals surface area contributed by atoms with E-state index < -0.39 is 6.10 Å². The monoisotopic (exact) mass is 649 g/mol. The van der Waals surface area contributed by atoms with Crippen LogP contribution in [0.1, 0.15) is 188 Å². The summed E-state index contributed by atoms with van der Waals surface area (Å²) in [7, 11) is 0. The molecule has 0 fully saturated rings. The number of aliphatic hydroxyl groups is 1. The molecule has 0 saturated carbocycles. The first-order valence-electron chi connectivity index (χ1n) is 19.2. The number of aliphatic hydroxyl groups excluding tert-OH is 1. The zero-order chi connectivity index (χ0) is 33.9. The molecule has 0 spiro atoms. The fraction of sp³-hybridized carbons (Fsp3) is 0.825. The van der Waals surface area contributed by atoms with Crippen molar-refractivity contribution in [3.63, 3.8) is 0 Å². The Morgan fingerprint density at radius 3 is 1.48 bits per heavy atom. The highest BCUT2D eigenvalue weighted by Crippen LogP contribution is 2.15. The third-order valence-corrected chi connectivity index (χ3v) is 8.34. The van der Waals surface area contributed by atoms with Crippen molar-refractivity contribution in [1.29, 1.82) is 0 Å². The van der Waals surface area contributed by atoms with Gasteiger partial charge in [0.2, 0.25) is 0 Å². The molecular formula is C40H72O6. The van der Waals surface area contributed by atoms with Gasteiger partial charge in [0, 0.05) is 19.3 Å². The van der Waals surface area contributed by atoms with Crippen LogP contribution in [0, 0.1) is 5.92 Å². The molecule has 0 aliphatic carbocycles. The standard InChI is InChI=1S/C40H72O6/c1-4-5-24-30-37(41)31-26-21-17-13-11-15-19-23-28-33-40(44)46-35-38(42)34-45-39(43)32-27-22-18-14-10-8-6-7-9-12-16-20-25-29-36(2)3/h17,21,26,31,36,38,42H,4-16,18-20,22-25,27-30,32-35H2,1-3H3/b21-17-,31-26+/t38-/m1/s1. The molecule has 0 aromatic rings. The smallest absolute Gasteiger partial charge is 0.305 e. The highest BCUT2D eigenvalue weighted by molar-refractivity contribution is 5.89. The van der Waals surface area contributed by atoms with Crippen LogP contribution >= 0.6 is 0 Å². The predicted octanol–water partition coefficient (Wildman–Crippen LogP) is 10.9. The topological polar surface area (TPSA) is 89.9 Å². The summed E-state index contributed by atoms with van der Waals surface area (Å²) in [6.45, 7) is 6.47. The van der Waals surface area contributed by atoms with E-state index in [1.807, 2.05) is 12.2 Å². The Labute approximate surface area is 283 Å². The molecule has 1 atom stereocenters. The van der Waals surface area contributed by atoms with Gasteiger partial charge in [-0.05, 0) is 44.1 Å². The van der Waals surface area contributed by atoms with E-state index in [0.29, 0.717) is 19.3 Å². The molecular weight excluding hydrogens is 576 g/mol. The fourth-order valence-corrected chi connectivity index (χ4v) is 5.37. The number of carbonyl (C=O) groups excluding carboxylic acids is 3. The van der Waals surface area contributed by atoms with Gasteiger partial charge in [-0.3, -0.25) is 14.4 Å². The molecule has 0 amide bonds. The van der Waals surface area contributed by atoms with Crippen LogP contribution in [0.2, 0.25) is 0 Å². The average Bonchev–Trinajstić information content (AvgIpc) is 3.03. The van der Waals surface area contributed by atoms with Gasteiger partial charge in [0.25, 0.3) is 0 Å². The molecule has 0 bridgehead atoms. The fourth-order valence-electron chi connectivity index (χ4n) is 5.37. The Hall–Kier alpha value is -1.95. The van der Waals surface area contributed by atoms with Crippen molar-refractivity contribution >= 4 is 17.7 Å². The molecule has 46 heavy (non-hydrogen) atoms. The van der Waals surface area contributed by atoms with Crippen LogP contribution in [0.15, 0.2) is 24.3 Å². The van der Waals surface area contributed by atoms with Crippen LogP contribution in [-0.2, 0) is 23.9 Å². The van der Waals surface area contributed by atoms with E-state index in [-0.39, 0.29) is 30.9 Å². The maximum absolute atomic E-state index is 12.0. The van der Waals surface area contributed by atoms with E-state index in [1.165, 1.54) is 70.6 Å². The van der Waals surface area contributed by atoms with E-state index in [2.05, 4.69) is 26.8 Å². The van der Waals surface area contributed by atoms with Crippen LogP contribution in [-0.4, -0.2) is 42.1 Å². The lowest BCUT2D eigenvalue weighted by Crippen LogP contribution is -2.25. The number of carbonyl (C=O) groups is 3. The molecule has 1 N–H and O–H groups in total. The second-order valence-corrected chi connectivity index (χ2v) is 13.6. The van der Waals surface area contributed by atoms with Gasteiger partial charge >= 0.3 is 11.9 Å². The van der Waals surface area contributed by atoms with Crippen LogP contribution in [0.4, 0.5) is 0 Å². The SMILES string of the molecule is CCCCCC(=O)/C=C/C=C\CCCCCCCC(=O)OC[C@H](O)COC(=O)CCCCCCCCCCCCCCCC(C)C. The van der Waals surface area contributed by atoms with Crippen LogP contribution < -0.4 is 0 Å². The lowest BCUT2D eigenvalue weighted by molar-refractivity contribution is -0.152. The zero-order valence-electron chi connectivity index (χ0n) is 30.3. The van der Waals surface area contributed by atoms with Gasteiger partial charge in [0.1, 0.15) is 19.3 Å². The Balaban J connectivity index is 3.49. The van der Waals surface area contributed by atoms with Gasteiger partial charge in [0.05, 0.1) is 0 Å². The lowest BCUT2D eigenvalue weighted by Gasteiger charge is -2.12. The predicted molar refractivity (Wildman–Crippen MR) is 192 cm³/mol. The minimum absolute atomic E-state index is 0.135. The van der Waals surface area contributed by atoms with Gasteiger partial charge in [-0.2, -0.15) is 0 Å². The maximum Gasteiger partial charge on any atom is 0.305 e. The minimum atomic E-state index is -0.986. The molecule has 268 valence electrons. The normalized spacial score (nSPS) is 12.4. The van der Waals surface area contributed by atoms with Gasteiger partial charge in [-0.25, -0.2) is 0 Å². The summed E-state index contributed by atoms with van der Waals surface area (Å²) in [6.07, 6.45) is 34.9. The van der Waals surface area contributed by atoms with Crippen molar-refractivity contribution in [2.75, 3.05) is 13.2 Å². The van der Waals surface area contributed by atoms with E-state index in [4.69, 9.17) is 9.47 Å². The van der Waals surface area contributed by atoms with E-state index in [1.54, 1.807) is 6.08 Å². The summed E-state index contributed by atoms with van der Waals surface area (Å²) in [5, 5.41) is 10.00. The largest absolute Gasteiger partial charge is 0.463 e. The zero-order valence-corrected chi connectivity index (χ0v) is 30.3. The van der Waals surface area contributed by atoms with E-state index >= 15 is 0 Å². The molecule has 0 saturated heterocycles. The van der Waals surface area contributed by atoms with Crippen LogP contribution in [0.5, 0.6) is 0 Å². The number of hydrogen-bond acceptors (Lipinski definition) is 6. The Kier molecular flexibility index (Phi) is 32.9. The lowest BCUT2D eigenvalue weighted by atomic mass is 10.0. The van der Waals surface area contributed by atoms with Crippen molar-refractivity contribution in [3.8, 4) is 0 Å². The van der Waals surface area contributed by atoms with Crippen molar-refractivity contribution < 1.29 is 29.0 Å². The van der Waals surface area contributed by atoms with E-state index in [9.17, 15) is 19.5 Å². The maximum atomic E-state index is 12.0. The summed E-state index contributed by atoms with van der Waals surface area (Å²) >= 11 is 0. The first-order valence-corrected chi connectivity index (χ1v) is 19.2. The molecule has 0 heterocycles. The summed E-state index contributed by atoms with van der Waals surface area (Å²) in [6, 6.07) is 0. The second kappa shape index (κ2) is 34.4. The Morgan fingerprint density at radius 2 is 1.00 bits per heavy atom. The van der Waals surface area contributed by atoms with Crippen LogP contribution in [0.25, 0.3) is 0 Å².